The summed E-state index contributed by atoms with van der Waals surface area (Å²) >= 11 is 1.81. The van der Waals surface area contributed by atoms with Crippen LogP contribution in [0.5, 0.6) is 0 Å². The first-order valence-corrected chi connectivity index (χ1v) is 4.89. The maximum atomic E-state index is 10.6. The monoisotopic (exact) mass is 175 g/mol. The largest absolute Gasteiger partial charge is 0.370 e. The third-order valence-electron chi connectivity index (χ3n) is 1.30. The van der Waals surface area contributed by atoms with Crippen molar-refractivity contribution in [3.05, 3.63) is 0 Å². The number of thioether (sulfide) groups is 1. The lowest BCUT2D eigenvalue weighted by Gasteiger charge is -2.21. The van der Waals surface area contributed by atoms with Crippen molar-refractivity contribution in [2.24, 2.45) is 5.73 Å². The van der Waals surface area contributed by atoms with E-state index in [-0.39, 0.29) is 10.7 Å². The van der Waals surface area contributed by atoms with E-state index in [9.17, 15) is 4.79 Å². The summed E-state index contributed by atoms with van der Waals surface area (Å²) in [6.45, 7) is 6.24. The van der Waals surface area contributed by atoms with Gasteiger partial charge in [-0.3, -0.25) is 4.79 Å². The number of primary amides is 1. The van der Waals surface area contributed by atoms with Gasteiger partial charge in [-0.25, -0.2) is 0 Å². The molecule has 11 heavy (non-hydrogen) atoms. The Labute approximate surface area is 72.9 Å². The Bertz CT molecular complexity index is 134. The molecule has 0 fully saturated rings. The number of carbonyl (C=O) groups excluding carboxylic acids is 1. The highest BCUT2D eigenvalue weighted by atomic mass is 32.2. The van der Waals surface area contributed by atoms with Crippen molar-refractivity contribution < 1.29 is 4.79 Å². The molecule has 0 bridgehead atoms. The van der Waals surface area contributed by atoms with Gasteiger partial charge in [-0.1, -0.05) is 20.8 Å². The molecule has 0 aromatic heterocycles. The van der Waals surface area contributed by atoms with Crippen LogP contribution in [0.25, 0.3) is 0 Å². The SMILES string of the molecule is CCCSC(C)(C)CC(N)=O. The minimum atomic E-state index is -0.210. The van der Waals surface area contributed by atoms with E-state index in [1.807, 2.05) is 0 Å². The molecule has 0 unspecified atom stereocenters. The molecule has 0 aliphatic carbocycles. The van der Waals surface area contributed by atoms with Crippen LogP contribution in [0.3, 0.4) is 0 Å². The predicted octanol–water partition coefficient (Wildman–Crippen LogP) is 1.78. The summed E-state index contributed by atoms with van der Waals surface area (Å²) in [5.41, 5.74) is 5.10. The van der Waals surface area contributed by atoms with Crippen LogP contribution in [0, 0.1) is 0 Å². The Balaban J connectivity index is 3.70. The molecule has 0 radical (unpaired) electrons. The van der Waals surface area contributed by atoms with Gasteiger partial charge in [-0.2, -0.15) is 11.8 Å². The minimum absolute atomic E-state index is 0.0157. The Morgan fingerprint density at radius 1 is 1.55 bits per heavy atom. The highest BCUT2D eigenvalue weighted by Crippen LogP contribution is 2.27. The second-order valence-electron chi connectivity index (χ2n) is 3.25. The molecule has 0 atom stereocenters. The van der Waals surface area contributed by atoms with Gasteiger partial charge in [-0.15, -0.1) is 0 Å². The average Bonchev–Trinajstić information content (AvgIpc) is 1.81. The van der Waals surface area contributed by atoms with Gasteiger partial charge in [0.1, 0.15) is 0 Å². The number of hydrogen-bond donors (Lipinski definition) is 1. The molecule has 0 rings (SSSR count). The van der Waals surface area contributed by atoms with Crippen molar-refractivity contribution in [1.29, 1.82) is 0 Å². The van der Waals surface area contributed by atoms with Crippen LogP contribution < -0.4 is 5.73 Å². The second kappa shape index (κ2) is 4.65. The third kappa shape index (κ3) is 6.23. The summed E-state index contributed by atoms with van der Waals surface area (Å²) in [5, 5.41) is 0. The van der Waals surface area contributed by atoms with Crippen molar-refractivity contribution in [1.82, 2.24) is 0 Å². The Kier molecular flexibility index (Phi) is 4.57. The lowest BCUT2D eigenvalue weighted by atomic mass is 10.1. The van der Waals surface area contributed by atoms with Crippen molar-refractivity contribution in [3.8, 4) is 0 Å². The summed E-state index contributed by atoms with van der Waals surface area (Å²) in [6.07, 6.45) is 1.62. The Morgan fingerprint density at radius 3 is 2.45 bits per heavy atom. The Hall–Kier alpha value is -0.180. The van der Waals surface area contributed by atoms with Crippen LogP contribution in [-0.2, 0) is 4.79 Å². The van der Waals surface area contributed by atoms with Crippen LogP contribution in [-0.4, -0.2) is 16.4 Å². The van der Waals surface area contributed by atoms with Gasteiger partial charge in [0, 0.05) is 11.2 Å². The summed E-state index contributed by atoms with van der Waals surface area (Å²) < 4.78 is 0.0157. The van der Waals surface area contributed by atoms with Crippen LogP contribution in [0.2, 0.25) is 0 Å². The zero-order valence-electron chi connectivity index (χ0n) is 7.52. The molecule has 3 heteroatoms. The van der Waals surface area contributed by atoms with Crippen LogP contribution in [0.4, 0.5) is 0 Å². The number of hydrogen-bond acceptors (Lipinski definition) is 2. The highest BCUT2D eigenvalue weighted by Gasteiger charge is 2.19. The molecule has 0 aliphatic heterocycles. The van der Waals surface area contributed by atoms with Crippen LogP contribution >= 0.6 is 11.8 Å². The van der Waals surface area contributed by atoms with E-state index in [0.717, 1.165) is 12.2 Å². The van der Waals surface area contributed by atoms with E-state index in [1.54, 1.807) is 11.8 Å². The maximum Gasteiger partial charge on any atom is 0.218 e. The molecule has 2 N–H and O–H groups in total. The number of carbonyl (C=O) groups is 1. The first kappa shape index (κ1) is 10.8. The van der Waals surface area contributed by atoms with Crippen molar-refractivity contribution in [2.45, 2.75) is 38.4 Å². The van der Waals surface area contributed by atoms with Gasteiger partial charge in [-0.05, 0) is 12.2 Å². The molecule has 66 valence electrons. The maximum absolute atomic E-state index is 10.6. The molecule has 0 heterocycles. The summed E-state index contributed by atoms with van der Waals surface area (Å²) in [6, 6.07) is 0. The highest BCUT2D eigenvalue weighted by molar-refractivity contribution is 8.00. The van der Waals surface area contributed by atoms with Crippen LogP contribution in [0.1, 0.15) is 33.6 Å². The topological polar surface area (TPSA) is 43.1 Å². The van der Waals surface area contributed by atoms with Gasteiger partial charge in [0.2, 0.25) is 5.91 Å². The first-order chi connectivity index (χ1) is 4.98. The van der Waals surface area contributed by atoms with E-state index in [4.69, 9.17) is 5.73 Å². The van der Waals surface area contributed by atoms with E-state index in [1.165, 1.54) is 0 Å². The molecule has 0 aliphatic rings. The summed E-state index contributed by atoms with van der Waals surface area (Å²) in [7, 11) is 0. The zero-order valence-corrected chi connectivity index (χ0v) is 8.33. The average molecular weight is 175 g/mol. The minimum Gasteiger partial charge on any atom is -0.370 e. The zero-order chi connectivity index (χ0) is 8.91. The molecule has 2 nitrogen and oxygen atoms in total. The lowest BCUT2D eigenvalue weighted by Crippen LogP contribution is -2.25. The quantitative estimate of drug-likeness (QED) is 0.692. The summed E-state index contributed by atoms with van der Waals surface area (Å²) in [4.78, 5) is 10.6. The van der Waals surface area contributed by atoms with Crippen LogP contribution in [0.15, 0.2) is 0 Å². The fourth-order valence-corrected chi connectivity index (χ4v) is 1.85. The molecular weight excluding hydrogens is 158 g/mol. The van der Waals surface area contributed by atoms with E-state index < -0.39 is 0 Å². The van der Waals surface area contributed by atoms with Gasteiger partial charge in [0.15, 0.2) is 0 Å². The van der Waals surface area contributed by atoms with E-state index in [2.05, 4.69) is 20.8 Å². The normalized spacial score (nSPS) is 11.5. The molecule has 0 saturated carbocycles. The first-order valence-electron chi connectivity index (χ1n) is 3.90. The van der Waals surface area contributed by atoms with Gasteiger partial charge < -0.3 is 5.73 Å². The van der Waals surface area contributed by atoms with Gasteiger partial charge in [0.25, 0.3) is 0 Å². The standard InChI is InChI=1S/C8H17NOS/c1-4-5-11-8(2,3)6-7(9)10/h4-6H2,1-3H3,(H2,9,10). The number of nitrogens with two attached hydrogens (primary N) is 1. The van der Waals surface area contributed by atoms with E-state index >= 15 is 0 Å². The third-order valence-corrected chi connectivity index (χ3v) is 2.84. The molecule has 0 spiro atoms. The van der Waals surface area contributed by atoms with Crippen molar-refractivity contribution in [3.63, 3.8) is 0 Å². The number of rotatable bonds is 5. The number of amides is 1. The predicted molar refractivity (Wildman–Crippen MR) is 50.6 cm³/mol. The molecule has 0 saturated heterocycles. The second-order valence-corrected chi connectivity index (χ2v) is 5.05. The molecule has 0 aromatic carbocycles. The smallest absolute Gasteiger partial charge is 0.218 e. The Morgan fingerprint density at radius 2 is 2.09 bits per heavy atom. The van der Waals surface area contributed by atoms with E-state index in [0.29, 0.717) is 6.42 Å². The van der Waals surface area contributed by atoms with Crippen molar-refractivity contribution in [2.75, 3.05) is 5.75 Å². The molecule has 0 aromatic rings. The van der Waals surface area contributed by atoms with Gasteiger partial charge >= 0.3 is 0 Å². The van der Waals surface area contributed by atoms with Crippen molar-refractivity contribution >= 4 is 17.7 Å². The fraction of sp³-hybridized carbons (Fsp3) is 0.875. The molecular formula is C8H17NOS. The van der Waals surface area contributed by atoms with Gasteiger partial charge in [0.05, 0.1) is 0 Å². The fourth-order valence-electron chi connectivity index (χ4n) is 0.849. The lowest BCUT2D eigenvalue weighted by molar-refractivity contribution is -0.118. The summed E-state index contributed by atoms with van der Waals surface area (Å²) in [5.74, 6) is 0.888. The molecule has 1 amide bonds.